The van der Waals surface area contributed by atoms with E-state index in [2.05, 4.69) is 6.92 Å². The quantitative estimate of drug-likeness (QED) is 0.142. The minimum Gasteiger partial charge on any atom is -0.463 e. The van der Waals surface area contributed by atoms with Gasteiger partial charge in [0.15, 0.2) is 0 Å². The van der Waals surface area contributed by atoms with E-state index in [1.165, 1.54) is 58.3 Å². The van der Waals surface area contributed by atoms with Crippen molar-refractivity contribution in [2.45, 2.75) is 116 Å². The lowest BCUT2D eigenvalue weighted by Crippen LogP contribution is -2.16. The van der Waals surface area contributed by atoms with Crippen LogP contribution in [0.3, 0.4) is 0 Å². The lowest BCUT2D eigenvalue weighted by molar-refractivity contribution is -0.147. The zero-order valence-electron chi connectivity index (χ0n) is 19.2. The first-order valence-corrected chi connectivity index (χ1v) is 12.0. The van der Waals surface area contributed by atoms with Crippen molar-refractivity contribution in [2.24, 2.45) is 0 Å². The summed E-state index contributed by atoms with van der Waals surface area (Å²) in [4.78, 5) is 23.1. The van der Waals surface area contributed by atoms with E-state index in [4.69, 9.17) is 9.47 Å². The molecule has 0 saturated heterocycles. The first kappa shape index (κ1) is 26.2. The van der Waals surface area contributed by atoms with Crippen LogP contribution in [0.1, 0.15) is 110 Å². The Morgan fingerprint density at radius 1 is 0.767 bits per heavy atom. The smallest absolute Gasteiger partial charge is 0.311 e. The summed E-state index contributed by atoms with van der Waals surface area (Å²) >= 11 is 0. The van der Waals surface area contributed by atoms with Crippen LogP contribution in [-0.2, 0) is 14.3 Å². The van der Waals surface area contributed by atoms with Gasteiger partial charge in [-0.1, -0.05) is 82.9 Å². The number of para-hydroxylation sites is 1. The largest absolute Gasteiger partial charge is 0.463 e. The Morgan fingerprint density at radius 2 is 1.30 bits per heavy atom. The fourth-order valence-corrected chi connectivity index (χ4v) is 3.67. The highest BCUT2D eigenvalue weighted by Gasteiger charge is 2.11. The number of hydrogen-bond donors (Lipinski definition) is 0. The molecule has 0 aliphatic heterocycles. The second kappa shape index (κ2) is 18.0. The van der Waals surface area contributed by atoms with Crippen LogP contribution in [-0.4, -0.2) is 18.0 Å². The first-order valence-electron chi connectivity index (χ1n) is 12.0. The Labute approximate surface area is 183 Å². The van der Waals surface area contributed by atoms with E-state index in [9.17, 15) is 9.59 Å². The molecular weight excluding hydrogens is 376 g/mol. The third-order valence-electron chi connectivity index (χ3n) is 5.34. The summed E-state index contributed by atoms with van der Waals surface area (Å²) in [5.41, 5.74) is 0. The van der Waals surface area contributed by atoms with Crippen LogP contribution in [0.5, 0.6) is 5.75 Å². The lowest BCUT2D eigenvalue weighted by atomic mass is 10.0. The van der Waals surface area contributed by atoms with Gasteiger partial charge in [-0.25, -0.2) is 0 Å². The maximum Gasteiger partial charge on any atom is 0.311 e. The number of rotatable bonds is 18. The van der Waals surface area contributed by atoms with Crippen molar-refractivity contribution in [3.8, 4) is 5.75 Å². The van der Waals surface area contributed by atoms with Crippen LogP contribution < -0.4 is 4.74 Å². The molecule has 0 aliphatic rings. The highest BCUT2D eigenvalue weighted by Crippen LogP contribution is 2.17. The standard InChI is InChI=1S/C26H42O4/c1-3-4-5-13-18-24(29-23(2)27)19-14-10-8-6-7-9-11-17-22-26(28)30-25-20-15-12-16-21-25/h12,15-16,20-21,24H,3-11,13-14,17-19,22H2,1-2H3. The number of hydrogen-bond acceptors (Lipinski definition) is 4. The molecule has 0 aliphatic carbocycles. The molecule has 0 spiro atoms. The molecular formula is C26H42O4. The van der Waals surface area contributed by atoms with Crippen LogP contribution in [0.15, 0.2) is 30.3 Å². The Hall–Kier alpha value is -1.84. The molecule has 0 radical (unpaired) electrons. The van der Waals surface area contributed by atoms with Crippen LogP contribution in [0.2, 0.25) is 0 Å². The molecule has 0 amide bonds. The van der Waals surface area contributed by atoms with E-state index in [0.717, 1.165) is 38.5 Å². The van der Waals surface area contributed by atoms with Crippen molar-refractivity contribution in [1.29, 1.82) is 0 Å². The molecule has 0 fully saturated rings. The minimum absolute atomic E-state index is 0.106. The molecule has 170 valence electrons. The van der Waals surface area contributed by atoms with Crippen LogP contribution in [0.25, 0.3) is 0 Å². The Bertz CT molecular complexity index is 555. The number of esters is 2. The molecule has 0 aromatic heterocycles. The average Bonchev–Trinajstić information content (AvgIpc) is 2.72. The maximum absolute atomic E-state index is 11.8. The van der Waals surface area contributed by atoms with Crippen molar-refractivity contribution in [3.05, 3.63) is 30.3 Å². The Morgan fingerprint density at radius 3 is 1.87 bits per heavy atom. The topological polar surface area (TPSA) is 52.6 Å². The molecule has 1 rings (SSSR count). The zero-order chi connectivity index (χ0) is 21.9. The molecule has 1 aromatic carbocycles. The summed E-state index contributed by atoms with van der Waals surface area (Å²) in [6.45, 7) is 3.73. The number of benzene rings is 1. The monoisotopic (exact) mass is 418 g/mol. The Kier molecular flexibility index (Phi) is 15.7. The van der Waals surface area contributed by atoms with Gasteiger partial charge in [-0.3, -0.25) is 9.59 Å². The van der Waals surface area contributed by atoms with E-state index >= 15 is 0 Å². The average molecular weight is 419 g/mol. The normalized spacial score (nSPS) is 11.8. The van der Waals surface area contributed by atoms with Crippen molar-refractivity contribution in [2.75, 3.05) is 0 Å². The van der Waals surface area contributed by atoms with Gasteiger partial charge in [0.1, 0.15) is 11.9 Å². The summed E-state index contributed by atoms with van der Waals surface area (Å²) in [5.74, 6) is 0.334. The summed E-state index contributed by atoms with van der Waals surface area (Å²) in [7, 11) is 0. The van der Waals surface area contributed by atoms with Gasteiger partial charge >= 0.3 is 11.9 Å². The van der Waals surface area contributed by atoms with Crippen molar-refractivity contribution in [3.63, 3.8) is 0 Å². The van der Waals surface area contributed by atoms with Crippen LogP contribution >= 0.6 is 0 Å². The van der Waals surface area contributed by atoms with Gasteiger partial charge in [-0.05, 0) is 44.2 Å². The molecule has 4 heteroatoms. The predicted molar refractivity (Wildman–Crippen MR) is 123 cm³/mol. The molecule has 1 atom stereocenters. The first-order chi connectivity index (χ1) is 14.6. The lowest BCUT2D eigenvalue weighted by Gasteiger charge is -2.17. The number of unbranched alkanes of at least 4 members (excludes halogenated alkanes) is 10. The minimum atomic E-state index is -0.150. The number of carbonyl (C=O) groups is 2. The summed E-state index contributed by atoms with van der Waals surface area (Å²) in [6.07, 6.45) is 16.7. The van der Waals surface area contributed by atoms with E-state index in [0.29, 0.717) is 12.2 Å². The van der Waals surface area contributed by atoms with Gasteiger partial charge in [0.25, 0.3) is 0 Å². The van der Waals surface area contributed by atoms with E-state index in [1.54, 1.807) is 12.1 Å². The van der Waals surface area contributed by atoms with E-state index < -0.39 is 0 Å². The molecule has 0 bridgehead atoms. The highest BCUT2D eigenvalue weighted by atomic mass is 16.5. The summed E-state index contributed by atoms with van der Waals surface area (Å²) in [6, 6.07) is 9.25. The highest BCUT2D eigenvalue weighted by molar-refractivity contribution is 5.72. The molecule has 0 saturated carbocycles. The molecule has 1 unspecified atom stereocenters. The second-order valence-electron chi connectivity index (χ2n) is 8.24. The third kappa shape index (κ3) is 15.1. The number of carbonyl (C=O) groups excluding carboxylic acids is 2. The molecule has 30 heavy (non-hydrogen) atoms. The fourth-order valence-electron chi connectivity index (χ4n) is 3.67. The maximum atomic E-state index is 11.8. The van der Waals surface area contributed by atoms with Crippen LogP contribution in [0, 0.1) is 0 Å². The fraction of sp³-hybridized carbons (Fsp3) is 0.692. The van der Waals surface area contributed by atoms with Gasteiger partial charge < -0.3 is 9.47 Å². The molecule has 1 aromatic rings. The van der Waals surface area contributed by atoms with Crippen LogP contribution in [0.4, 0.5) is 0 Å². The predicted octanol–water partition coefficient (Wildman–Crippen LogP) is 7.40. The number of ether oxygens (including phenoxy) is 2. The molecule has 4 nitrogen and oxygen atoms in total. The van der Waals surface area contributed by atoms with Crippen molar-refractivity contribution in [1.82, 2.24) is 0 Å². The van der Waals surface area contributed by atoms with Gasteiger partial charge in [0.05, 0.1) is 0 Å². The SMILES string of the molecule is CCCCCCC(CCCCCCCCCCC(=O)Oc1ccccc1)OC(C)=O. The van der Waals surface area contributed by atoms with Gasteiger partial charge in [0.2, 0.25) is 0 Å². The van der Waals surface area contributed by atoms with Gasteiger partial charge in [-0.2, -0.15) is 0 Å². The van der Waals surface area contributed by atoms with Gasteiger partial charge in [0, 0.05) is 13.3 Å². The summed E-state index contributed by atoms with van der Waals surface area (Å²) < 4.78 is 10.8. The van der Waals surface area contributed by atoms with E-state index in [1.807, 2.05) is 18.2 Å². The molecule has 0 heterocycles. The molecule has 0 N–H and O–H groups in total. The van der Waals surface area contributed by atoms with Crippen molar-refractivity contribution < 1.29 is 19.1 Å². The van der Waals surface area contributed by atoms with E-state index in [-0.39, 0.29) is 18.0 Å². The van der Waals surface area contributed by atoms with Gasteiger partial charge in [-0.15, -0.1) is 0 Å². The third-order valence-corrected chi connectivity index (χ3v) is 5.34. The summed E-state index contributed by atoms with van der Waals surface area (Å²) in [5, 5.41) is 0. The second-order valence-corrected chi connectivity index (χ2v) is 8.24. The van der Waals surface area contributed by atoms with Crippen molar-refractivity contribution >= 4 is 11.9 Å². The Balaban J connectivity index is 1.96. The zero-order valence-corrected chi connectivity index (χ0v) is 19.2.